The predicted molar refractivity (Wildman–Crippen MR) is 103 cm³/mol. The lowest BCUT2D eigenvalue weighted by Crippen LogP contribution is -2.02. The molecule has 2 aromatic carbocycles. The van der Waals surface area contributed by atoms with Crippen LogP contribution in [0.15, 0.2) is 53.0 Å². The van der Waals surface area contributed by atoms with Gasteiger partial charge in [-0.25, -0.2) is 9.97 Å². The molecule has 2 N–H and O–H groups in total. The fraction of sp³-hybridized carbons (Fsp3) is 0.105. The van der Waals surface area contributed by atoms with Gasteiger partial charge >= 0.3 is 0 Å². The van der Waals surface area contributed by atoms with Gasteiger partial charge in [-0.15, -0.1) is 0 Å². The summed E-state index contributed by atoms with van der Waals surface area (Å²) in [5.41, 5.74) is 3.60. The molecular formula is C19H16BrN5. The minimum absolute atomic E-state index is 0.623. The molecule has 0 saturated carbocycles. The third-order valence-electron chi connectivity index (χ3n) is 3.58. The van der Waals surface area contributed by atoms with Crippen molar-refractivity contribution in [1.82, 2.24) is 9.97 Å². The SMILES string of the molecule is Cc1nc(Nc2ccc(C#N)cc2)cc(Nc2ccc(Br)cc2C)n1. The first kappa shape index (κ1) is 16.9. The van der Waals surface area contributed by atoms with E-state index in [0.717, 1.165) is 21.4 Å². The first-order valence-electron chi connectivity index (χ1n) is 7.69. The lowest BCUT2D eigenvalue weighted by Gasteiger charge is -2.12. The van der Waals surface area contributed by atoms with Crippen LogP contribution in [-0.4, -0.2) is 9.97 Å². The lowest BCUT2D eigenvalue weighted by atomic mass is 10.2. The van der Waals surface area contributed by atoms with Gasteiger partial charge in [-0.1, -0.05) is 15.9 Å². The highest BCUT2D eigenvalue weighted by Gasteiger charge is 2.05. The third-order valence-corrected chi connectivity index (χ3v) is 4.07. The number of rotatable bonds is 4. The van der Waals surface area contributed by atoms with Crippen LogP contribution in [0.4, 0.5) is 23.0 Å². The number of nitrogens with one attached hydrogen (secondary N) is 2. The molecule has 1 aromatic heterocycles. The molecule has 3 aromatic rings. The van der Waals surface area contributed by atoms with Crippen molar-refractivity contribution in [2.24, 2.45) is 0 Å². The lowest BCUT2D eigenvalue weighted by molar-refractivity contribution is 1.06. The highest BCUT2D eigenvalue weighted by atomic mass is 79.9. The summed E-state index contributed by atoms with van der Waals surface area (Å²) in [7, 11) is 0. The summed E-state index contributed by atoms with van der Waals surface area (Å²) in [5, 5.41) is 15.4. The molecule has 0 amide bonds. The molecule has 0 saturated heterocycles. The first-order chi connectivity index (χ1) is 12.0. The Kier molecular flexibility index (Phi) is 4.96. The van der Waals surface area contributed by atoms with E-state index in [-0.39, 0.29) is 0 Å². The van der Waals surface area contributed by atoms with E-state index in [4.69, 9.17) is 5.26 Å². The molecule has 1 heterocycles. The Balaban J connectivity index is 1.83. The Bertz CT molecular complexity index is 945. The minimum Gasteiger partial charge on any atom is -0.340 e. The van der Waals surface area contributed by atoms with E-state index in [1.165, 1.54) is 0 Å². The van der Waals surface area contributed by atoms with Crippen LogP contribution in [0.1, 0.15) is 17.0 Å². The predicted octanol–water partition coefficient (Wildman–Crippen LogP) is 5.21. The average molecular weight is 394 g/mol. The number of aryl methyl sites for hydroxylation is 2. The monoisotopic (exact) mass is 393 g/mol. The van der Waals surface area contributed by atoms with Gasteiger partial charge in [-0.05, 0) is 61.9 Å². The van der Waals surface area contributed by atoms with Crippen molar-refractivity contribution in [2.75, 3.05) is 10.6 Å². The van der Waals surface area contributed by atoms with E-state index in [1.807, 2.05) is 50.2 Å². The minimum atomic E-state index is 0.623. The zero-order valence-corrected chi connectivity index (χ0v) is 15.4. The standard InChI is InChI=1S/C19H16BrN5/c1-12-9-15(20)5-8-17(12)25-19-10-18(22-13(2)23-19)24-16-6-3-14(11-21)4-7-16/h3-10H,1-2H3,(H2,22,23,24,25). The highest BCUT2D eigenvalue weighted by Crippen LogP contribution is 2.25. The molecule has 3 rings (SSSR count). The van der Waals surface area contributed by atoms with Crippen LogP contribution in [-0.2, 0) is 0 Å². The molecule has 0 radical (unpaired) electrons. The Hall–Kier alpha value is -2.91. The molecule has 0 fully saturated rings. The van der Waals surface area contributed by atoms with E-state index in [2.05, 4.69) is 42.6 Å². The molecule has 124 valence electrons. The molecular weight excluding hydrogens is 378 g/mol. The van der Waals surface area contributed by atoms with E-state index >= 15 is 0 Å². The van der Waals surface area contributed by atoms with Crippen LogP contribution in [0, 0.1) is 25.2 Å². The molecule has 6 heteroatoms. The van der Waals surface area contributed by atoms with E-state index in [0.29, 0.717) is 23.0 Å². The number of benzene rings is 2. The van der Waals surface area contributed by atoms with Crippen LogP contribution in [0.5, 0.6) is 0 Å². The molecule has 0 aliphatic heterocycles. The van der Waals surface area contributed by atoms with Crippen LogP contribution >= 0.6 is 15.9 Å². The Morgan fingerprint density at radius 2 is 1.60 bits per heavy atom. The zero-order chi connectivity index (χ0) is 17.8. The van der Waals surface area contributed by atoms with Gasteiger partial charge in [0.1, 0.15) is 17.5 Å². The molecule has 0 aliphatic rings. The molecule has 0 atom stereocenters. The van der Waals surface area contributed by atoms with E-state index in [9.17, 15) is 0 Å². The summed E-state index contributed by atoms with van der Waals surface area (Å²) < 4.78 is 1.04. The summed E-state index contributed by atoms with van der Waals surface area (Å²) in [5.74, 6) is 2.07. The van der Waals surface area contributed by atoms with Gasteiger partial charge < -0.3 is 10.6 Å². The molecule has 5 nitrogen and oxygen atoms in total. The second-order valence-electron chi connectivity index (χ2n) is 5.58. The molecule has 0 aliphatic carbocycles. The number of nitriles is 1. The molecule has 0 unspecified atom stereocenters. The summed E-state index contributed by atoms with van der Waals surface area (Å²) >= 11 is 3.47. The number of anilines is 4. The van der Waals surface area contributed by atoms with Crippen molar-refractivity contribution in [3.05, 3.63) is 70.0 Å². The van der Waals surface area contributed by atoms with Crippen LogP contribution < -0.4 is 10.6 Å². The highest BCUT2D eigenvalue weighted by molar-refractivity contribution is 9.10. The van der Waals surface area contributed by atoms with Crippen LogP contribution in [0.25, 0.3) is 0 Å². The quantitative estimate of drug-likeness (QED) is 0.635. The maximum absolute atomic E-state index is 8.87. The summed E-state index contributed by atoms with van der Waals surface area (Å²) in [6.07, 6.45) is 0. The number of hydrogen-bond acceptors (Lipinski definition) is 5. The normalized spacial score (nSPS) is 10.2. The van der Waals surface area contributed by atoms with Crippen molar-refractivity contribution in [2.45, 2.75) is 13.8 Å². The van der Waals surface area contributed by atoms with Gasteiger partial charge in [0, 0.05) is 21.9 Å². The molecule has 0 spiro atoms. The van der Waals surface area contributed by atoms with Crippen LogP contribution in [0.3, 0.4) is 0 Å². The fourth-order valence-electron chi connectivity index (χ4n) is 2.38. The number of halogens is 1. The summed E-state index contributed by atoms with van der Waals surface area (Å²) in [6, 6.07) is 17.2. The Morgan fingerprint density at radius 1 is 0.920 bits per heavy atom. The van der Waals surface area contributed by atoms with Crippen molar-refractivity contribution in [1.29, 1.82) is 5.26 Å². The zero-order valence-electron chi connectivity index (χ0n) is 13.8. The van der Waals surface area contributed by atoms with Gasteiger partial charge in [0.15, 0.2) is 0 Å². The third kappa shape index (κ3) is 4.34. The van der Waals surface area contributed by atoms with Gasteiger partial charge in [-0.2, -0.15) is 5.26 Å². The summed E-state index contributed by atoms with van der Waals surface area (Å²) in [4.78, 5) is 8.86. The van der Waals surface area contributed by atoms with Gasteiger partial charge in [0.25, 0.3) is 0 Å². The van der Waals surface area contributed by atoms with Crippen molar-refractivity contribution >= 4 is 38.9 Å². The van der Waals surface area contributed by atoms with E-state index in [1.54, 1.807) is 12.1 Å². The van der Waals surface area contributed by atoms with Crippen molar-refractivity contribution in [3.8, 4) is 6.07 Å². The molecule has 25 heavy (non-hydrogen) atoms. The molecule has 0 bridgehead atoms. The average Bonchev–Trinajstić information content (AvgIpc) is 2.58. The number of hydrogen-bond donors (Lipinski definition) is 2. The second kappa shape index (κ2) is 7.32. The Labute approximate surface area is 154 Å². The number of aromatic nitrogens is 2. The number of nitrogens with zero attached hydrogens (tertiary/aromatic N) is 3. The van der Waals surface area contributed by atoms with Crippen molar-refractivity contribution in [3.63, 3.8) is 0 Å². The maximum Gasteiger partial charge on any atom is 0.136 e. The largest absolute Gasteiger partial charge is 0.340 e. The van der Waals surface area contributed by atoms with E-state index < -0.39 is 0 Å². The summed E-state index contributed by atoms with van der Waals surface area (Å²) in [6.45, 7) is 3.89. The van der Waals surface area contributed by atoms with Gasteiger partial charge in [0.2, 0.25) is 0 Å². The van der Waals surface area contributed by atoms with Gasteiger partial charge in [0.05, 0.1) is 11.6 Å². The van der Waals surface area contributed by atoms with Gasteiger partial charge in [-0.3, -0.25) is 0 Å². The Morgan fingerprint density at radius 3 is 2.24 bits per heavy atom. The van der Waals surface area contributed by atoms with Crippen molar-refractivity contribution < 1.29 is 0 Å². The fourth-order valence-corrected chi connectivity index (χ4v) is 2.85. The first-order valence-corrected chi connectivity index (χ1v) is 8.49. The van der Waals surface area contributed by atoms with Crippen LogP contribution in [0.2, 0.25) is 0 Å². The second-order valence-corrected chi connectivity index (χ2v) is 6.50. The smallest absolute Gasteiger partial charge is 0.136 e. The topological polar surface area (TPSA) is 73.6 Å². The maximum atomic E-state index is 8.87.